The van der Waals surface area contributed by atoms with Crippen LogP contribution < -0.4 is 9.47 Å². The predicted octanol–water partition coefficient (Wildman–Crippen LogP) is 3.32. The molecule has 2 saturated heterocycles. The minimum absolute atomic E-state index is 0.0363. The van der Waals surface area contributed by atoms with Crippen molar-refractivity contribution in [3.63, 3.8) is 0 Å². The third-order valence-corrected chi connectivity index (χ3v) is 5.44. The smallest absolute Gasteiger partial charge is 0.263 e. The highest BCUT2D eigenvalue weighted by atomic mass is 16.5. The van der Waals surface area contributed by atoms with E-state index in [1.165, 1.54) is 6.42 Å². The second-order valence-corrected chi connectivity index (χ2v) is 6.81. The molecule has 2 unspecified atom stereocenters. The number of fused-ring (bicyclic) bond motifs is 1. The molecule has 0 radical (unpaired) electrons. The molecule has 0 aliphatic carbocycles. The molecule has 0 bridgehead atoms. The lowest BCUT2D eigenvalue weighted by Gasteiger charge is -2.30. The molecular formula is C21H24N2O3. The van der Waals surface area contributed by atoms with Crippen molar-refractivity contribution < 1.29 is 14.3 Å². The van der Waals surface area contributed by atoms with Crippen molar-refractivity contribution in [2.24, 2.45) is 0 Å². The number of carbonyl (C=O) groups is 1. The number of carbonyl (C=O) groups excluding carboxylic acids is 1. The molecule has 5 heteroatoms. The zero-order valence-electron chi connectivity index (χ0n) is 15.2. The van der Waals surface area contributed by atoms with Gasteiger partial charge in [0, 0.05) is 19.1 Å². The topological polar surface area (TPSA) is 42.0 Å². The minimum Gasteiger partial charge on any atom is -0.496 e. The Morgan fingerprint density at radius 2 is 1.69 bits per heavy atom. The van der Waals surface area contributed by atoms with Crippen molar-refractivity contribution >= 4 is 5.91 Å². The number of benzene rings is 2. The van der Waals surface area contributed by atoms with Crippen LogP contribution in [0.4, 0.5) is 0 Å². The largest absolute Gasteiger partial charge is 0.496 e. The summed E-state index contributed by atoms with van der Waals surface area (Å²) < 4.78 is 10.9. The Bertz CT molecular complexity index is 771. The SMILES string of the molecule is COc1cccc(OC)c1C(=O)N1CC2CCCN2C1c1ccccc1. The molecule has 2 atom stereocenters. The molecule has 0 saturated carbocycles. The molecule has 26 heavy (non-hydrogen) atoms. The molecule has 2 fully saturated rings. The Morgan fingerprint density at radius 3 is 2.35 bits per heavy atom. The number of amides is 1. The van der Waals surface area contributed by atoms with E-state index in [2.05, 4.69) is 17.0 Å². The van der Waals surface area contributed by atoms with E-state index in [4.69, 9.17) is 9.47 Å². The van der Waals surface area contributed by atoms with E-state index in [9.17, 15) is 4.79 Å². The van der Waals surface area contributed by atoms with Crippen molar-refractivity contribution in [1.82, 2.24) is 9.80 Å². The monoisotopic (exact) mass is 352 g/mol. The normalized spacial score (nSPS) is 22.3. The zero-order chi connectivity index (χ0) is 18.1. The van der Waals surface area contributed by atoms with Crippen LogP contribution in [0.1, 0.15) is 34.9 Å². The highest BCUT2D eigenvalue weighted by Crippen LogP contribution is 2.41. The molecule has 2 aromatic rings. The predicted molar refractivity (Wildman–Crippen MR) is 99.5 cm³/mol. The van der Waals surface area contributed by atoms with Crippen molar-refractivity contribution in [3.05, 3.63) is 59.7 Å². The molecule has 136 valence electrons. The number of ether oxygens (including phenoxy) is 2. The summed E-state index contributed by atoms with van der Waals surface area (Å²) in [5.41, 5.74) is 1.65. The molecule has 2 aliphatic rings. The highest BCUT2D eigenvalue weighted by Gasteiger charge is 2.45. The van der Waals surface area contributed by atoms with Crippen LogP contribution in [0.2, 0.25) is 0 Å². The first-order valence-electron chi connectivity index (χ1n) is 9.07. The first kappa shape index (κ1) is 16.9. The van der Waals surface area contributed by atoms with Gasteiger partial charge in [-0.25, -0.2) is 0 Å². The van der Waals surface area contributed by atoms with Crippen molar-refractivity contribution in [3.8, 4) is 11.5 Å². The quantitative estimate of drug-likeness (QED) is 0.846. The van der Waals surface area contributed by atoms with Crippen LogP contribution in [0.25, 0.3) is 0 Å². The average Bonchev–Trinajstić information content (AvgIpc) is 3.28. The van der Waals surface area contributed by atoms with Crippen LogP contribution in [-0.2, 0) is 0 Å². The second-order valence-electron chi connectivity index (χ2n) is 6.81. The van der Waals surface area contributed by atoms with Gasteiger partial charge >= 0.3 is 0 Å². The lowest BCUT2D eigenvalue weighted by atomic mass is 10.1. The lowest BCUT2D eigenvalue weighted by molar-refractivity contribution is 0.0632. The molecule has 0 N–H and O–H groups in total. The number of hydrogen-bond acceptors (Lipinski definition) is 4. The van der Waals surface area contributed by atoms with Gasteiger partial charge in [0.2, 0.25) is 0 Å². The Morgan fingerprint density at radius 1 is 1.00 bits per heavy atom. The minimum atomic E-state index is -0.0393. The van der Waals surface area contributed by atoms with Gasteiger partial charge in [-0.1, -0.05) is 36.4 Å². The molecule has 4 rings (SSSR count). The van der Waals surface area contributed by atoms with E-state index in [0.29, 0.717) is 23.1 Å². The third kappa shape index (κ3) is 2.72. The first-order valence-corrected chi connectivity index (χ1v) is 9.07. The van der Waals surface area contributed by atoms with Gasteiger partial charge in [0.05, 0.1) is 14.2 Å². The van der Waals surface area contributed by atoms with Crippen LogP contribution in [0, 0.1) is 0 Å². The fraction of sp³-hybridized carbons (Fsp3) is 0.381. The second kappa shape index (κ2) is 7.00. The van der Waals surface area contributed by atoms with Gasteiger partial charge in [0.1, 0.15) is 23.2 Å². The Balaban J connectivity index is 1.75. The van der Waals surface area contributed by atoms with Crippen molar-refractivity contribution in [2.45, 2.75) is 25.0 Å². The summed E-state index contributed by atoms with van der Waals surface area (Å²) in [5.74, 6) is 1.06. The van der Waals surface area contributed by atoms with Crippen LogP contribution in [0.3, 0.4) is 0 Å². The number of hydrogen-bond donors (Lipinski definition) is 0. The van der Waals surface area contributed by atoms with Gasteiger partial charge in [-0.05, 0) is 30.5 Å². The molecule has 5 nitrogen and oxygen atoms in total. The number of nitrogens with zero attached hydrogens (tertiary/aromatic N) is 2. The maximum atomic E-state index is 13.6. The zero-order valence-corrected chi connectivity index (χ0v) is 15.2. The van der Waals surface area contributed by atoms with E-state index < -0.39 is 0 Å². The third-order valence-electron chi connectivity index (χ3n) is 5.44. The summed E-state index contributed by atoms with van der Waals surface area (Å²) in [6, 6.07) is 16.2. The summed E-state index contributed by atoms with van der Waals surface area (Å²) in [6.45, 7) is 1.76. The standard InChI is InChI=1S/C21H24N2O3/c1-25-17-11-6-12-18(26-2)19(17)21(24)23-14-16-10-7-13-22(16)20(23)15-8-4-3-5-9-15/h3-6,8-9,11-12,16,20H,7,10,13-14H2,1-2H3. The molecule has 1 amide bonds. The fourth-order valence-electron chi connectivity index (χ4n) is 4.28. The first-order chi connectivity index (χ1) is 12.7. The summed E-state index contributed by atoms with van der Waals surface area (Å²) in [4.78, 5) is 18.0. The van der Waals surface area contributed by atoms with E-state index in [1.807, 2.05) is 41.3 Å². The summed E-state index contributed by atoms with van der Waals surface area (Å²) in [6.07, 6.45) is 2.29. The lowest BCUT2D eigenvalue weighted by Crippen LogP contribution is -2.35. The Labute approximate surface area is 154 Å². The van der Waals surface area contributed by atoms with Gasteiger partial charge in [-0.3, -0.25) is 9.69 Å². The van der Waals surface area contributed by atoms with Gasteiger partial charge in [-0.15, -0.1) is 0 Å². The van der Waals surface area contributed by atoms with E-state index in [1.54, 1.807) is 14.2 Å². The van der Waals surface area contributed by atoms with Gasteiger partial charge in [-0.2, -0.15) is 0 Å². The highest BCUT2D eigenvalue weighted by molar-refractivity contribution is 6.00. The molecule has 2 heterocycles. The number of rotatable bonds is 4. The summed E-state index contributed by atoms with van der Waals surface area (Å²) in [5, 5.41) is 0. The average molecular weight is 352 g/mol. The maximum absolute atomic E-state index is 13.6. The summed E-state index contributed by atoms with van der Waals surface area (Å²) in [7, 11) is 3.17. The number of methoxy groups -OCH3 is 2. The van der Waals surface area contributed by atoms with E-state index in [-0.39, 0.29) is 12.1 Å². The van der Waals surface area contributed by atoms with Crippen LogP contribution in [0.15, 0.2) is 48.5 Å². The maximum Gasteiger partial charge on any atom is 0.263 e. The molecule has 2 aromatic carbocycles. The van der Waals surface area contributed by atoms with Crippen LogP contribution >= 0.6 is 0 Å². The van der Waals surface area contributed by atoms with Gasteiger partial charge in [0.15, 0.2) is 0 Å². The molecule has 2 aliphatic heterocycles. The molecule has 0 spiro atoms. The fourth-order valence-corrected chi connectivity index (χ4v) is 4.28. The van der Waals surface area contributed by atoms with E-state index >= 15 is 0 Å². The molecular weight excluding hydrogens is 328 g/mol. The van der Waals surface area contributed by atoms with Gasteiger partial charge in [0.25, 0.3) is 5.91 Å². The van der Waals surface area contributed by atoms with E-state index in [0.717, 1.165) is 25.1 Å². The van der Waals surface area contributed by atoms with Gasteiger partial charge < -0.3 is 14.4 Å². The summed E-state index contributed by atoms with van der Waals surface area (Å²) >= 11 is 0. The Hall–Kier alpha value is -2.53. The van der Waals surface area contributed by atoms with Crippen LogP contribution in [-0.4, -0.2) is 49.1 Å². The van der Waals surface area contributed by atoms with Crippen molar-refractivity contribution in [1.29, 1.82) is 0 Å². The van der Waals surface area contributed by atoms with Crippen LogP contribution in [0.5, 0.6) is 11.5 Å². The molecule has 0 aromatic heterocycles. The van der Waals surface area contributed by atoms with Crippen molar-refractivity contribution in [2.75, 3.05) is 27.3 Å². The Kier molecular flexibility index (Phi) is 4.55.